The van der Waals surface area contributed by atoms with E-state index in [4.69, 9.17) is 0 Å². The highest BCUT2D eigenvalue weighted by atomic mass is 16.1. The molecule has 0 aromatic heterocycles. The van der Waals surface area contributed by atoms with Crippen LogP contribution in [-0.2, 0) is 4.79 Å². The highest BCUT2D eigenvalue weighted by molar-refractivity contribution is 5.65. The van der Waals surface area contributed by atoms with Crippen LogP contribution in [0.1, 0.15) is 0 Å². The lowest BCUT2D eigenvalue weighted by atomic mass is 10.2. The number of carbonyl (C=O) groups excluding carboxylic acids is 1. The van der Waals surface area contributed by atoms with Gasteiger partial charge in [-0.1, -0.05) is 30.4 Å². The summed E-state index contributed by atoms with van der Waals surface area (Å²) >= 11 is 0. The molecule has 0 saturated heterocycles. The van der Waals surface area contributed by atoms with Crippen LogP contribution in [0.15, 0.2) is 66.0 Å². The molecule has 0 N–H and O–H groups in total. The lowest BCUT2D eigenvalue weighted by molar-refractivity contribution is -0.104. The van der Waals surface area contributed by atoms with Crippen molar-refractivity contribution in [3.8, 4) is 0 Å². The summed E-state index contributed by atoms with van der Waals surface area (Å²) in [6.45, 7) is 0. The summed E-state index contributed by atoms with van der Waals surface area (Å²) in [7, 11) is 0. The molecule has 0 heterocycles. The van der Waals surface area contributed by atoms with Gasteiger partial charge >= 0.3 is 0 Å². The molecule has 1 aliphatic rings. The lowest BCUT2D eigenvalue weighted by Gasteiger charge is -1.86. The van der Waals surface area contributed by atoms with Crippen molar-refractivity contribution in [1.29, 1.82) is 0 Å². The van der Waals surface area contributed by atoms with Crippen LogP contribution in [0.3, 0.4) is 0 Å². The first kappa shape index (κ1) is 9.24. The van der Waals surface area contributed by atoms with Crippen molar-refractivity contribution in [2.75, 3.05) is 0 Å². The van der Waals surface area contributed by atoms with Crippen molar-refractivity contribution in [3.05, 3.63) is 66.0 Å². The number of hydrogen-bond donors (Lipinski definition) is 0. The first-order valence-corrected chi connectivity index (χ1v) is 4.01. The third kappa shape index (κ3) is 3.90. The maximum Gasteiger partial charge on any atom is 0.142 e. The van der Waals surface area contributed by atoms with Crippen LogP contribution >= 0.6 is 0 Å². The van der Waals surface area contributed by atoms with E-state index in [1.165, 1.54) is 6.08 Å². The predicted molar refractivity (Wildman–Crippen MR) is 54.2 cm³/mol. The molecule has 0 aliphatic heterocycles. The minimum Gasteiger partial charge on any atom is -0.299 e. The fourth-order valence-corrected chi connectivity index (χ4v) is 0.858. The van der Waals surface area contributed by atoms with Crippen molar-refractivity contribution in [3.63, 3.8) is 0 Å². The van der Waals surface area contributed by atoms with E-state index < -0.39 is 0 Å². The van der Waals surface area contributed by atoms with E-state index in [0.717, 1.165) is 11.9 Å². The van der Waals surface area contributed by atoms with Crippen LogP contribution in [0, 0.1) is 0 Å². The summed E-state index contributed by atoms with van der Waals surface area (Å²) in [6, 6.07) is 0. The standard InChI is InChI=1S/C12H10O/c13-11-7-3-6-10-12-8-4-1-2-5-9-12/h1,3-11H/b7-3+,10-6+. The highest BCUT2D eigenvalue weighted by Gasteiger charge is 1.82. The molecule has 1 aliphatic carbocycles. The second-order valence-electron chi connectivity index (χ2n) is 2.41. The van der Waals surface area contributed by atoms with E-state index in [9.17, 15) is 4.79 Å². The third-order valence-corrected chi connectivity index (χ3v) is 1.44. The smallest absolute Gasteiger partial charge is 0.142 e. The van der Waals surface area contributed by atoms with E-state index in [-0.39, 0.29) is 0 Å². The molecule has 1 heteroatoms. The number of carbonyl (C=O) groups is 1. The molecule has 0 atom stereocenters. The maximum absolute atomic E-state index is 9.94. The normalized spacial score (nSPS) is 15.2. The van der Waals surface area contributed by atoms with Crippen LogP contribution in [0.4, 0.5) is 0 Å². The first-order chi connectivity index (χ1) is 6.43. The van der Waals surface area contributed by atoms with E-state index in [2.05, 4.69) is 5.73 Å². The molecule has 0 aromatic rings. The predicted octanol–water partition coefficient (Wildman–Crippen LogP) is 2.51. The zero-order valence-electron chi connectivity index (χ0n) is 7.18. The summed E-state index contributed by atoms with van der Waals surface area (Å²) in [5, 5.41) is 0. The quantitative estimate of drug-likeness (QED) is 0.275. The van der Waals surface area contributed by atoms with Crippen molar-refractivity contribution in [2.24, 2.45) is 0 Å². The van der Waals surface area contributed by atoms with Crippen molar-refractivity contribution in [1.82, 2.24) is 0 Å². The number of aldehydes is 1. The van der Waals surface area contributed by atoms with Gasteiger partial charge in [0.2, 0.25) is 0 Å². The van der Waals surface area contributed by atoms with Crippen molar-refractivity contribution < 1.29 is 4.79 Å². The Morgan fingerprint density at radius 2 is 2.08 bits per heavy atom. The molecular weight excluding hydrogens is 160 g/mol. The van der Waals surface area contributed by atoms with Crippen LogP contribution in [0.25, 0.3) is 0 Å². The summed E-state index contributed by atoms with van der Waals surface area (Å²) < 4.78 is 0. The Labute approximate surface area is 77.8 Å². The highest BCUT2D eigenvalue weighted by Crippen LogP contribution is 2.02. The SMILES string of the molecule is O=C/C=C/C=C/C1=CC=C=CC=C1. The van der Waals surface area contributed by atoms with Gasteiger partial charge < -0.3 is 0 Å². The van der Waals surface area contributed by atoms with Crippen LogP contribution in [0.5, 0.6) is 0 Å². The lowest BCUT2D eigenvalue weighted by Crippen LogP contribution is -1.67. The van der Waals surface area contributed by atoms with Crippen LogP contribution in [-0.4, -0.2) is 6.29 Å². The Balaban J connectivity index is 2.60. The monoisotopic (exact) mass is 170 g/mol. The minimum atomic E-state index is 0.753. The summed E-state index contributed by atoms with van der Waals surface area (Å²) in [4.78, 5) is 9.94. The van der Waals surface area contributed by atoms with Gasteiger partial charge in [-0.15, -0.1) is 5.73 Å². The Morgan fingerprint density at radius 1 is 1.15 bits per heavy atom. The fraction of sp³-hybridized carbons (Fsp3) is 0. The Hall–Kier alpha value is -1.85. The number of rotatable bonds is 3. The molecule has 0 bridgehead atoms. The van der Waals surface area contributed by atoms with E-state index in [1.54, 1.807) is 6.08 Å². The zero-order chi connectivity index (χ0) is 9.36. The summed E-state index contributed by atoms with van der Waals surface area (Å²) in [5.74, 6) is 0. The second-order valence-corrected chi connectivity index (χ2v) is 2.41. The molecule has 0 fully saturated rings. The molecule has 1 nitrogen and oxygen atoms in total. The maximum atomic E-state index is 9.94. The first-order valence-electron chi connectivity index (χ1n) is 4.01. The van der Waals surface area contributed by atoms with E-state index >= 15 is 0 Å². The fourth-order valence-electron chi connectivity index (χ4n) is 0.858. The van der Waals surface area contributed by atoms with Crippen LogP contribution in [0.2, 0.25) is 0 Å². The molecule has 0 spiro atoms. The molecule has 0 radical (unpaired) electrons. The van der Waals surface area contributed by atoms with Gasteiger partial charge in [0.05, 0.1) is 0 Å². The topological polar surface area (TPSA) is 17.1 Å². The zero-order valence-corrected chi connectivity index (χ0v) is 7.18. The minimum absolute atomic E-state index is 0.753. The van der Waals surface area contributed by atoms with Gasteiger partial charge in [-0.2, -0.15) is 0 Å². The van der Waals surface area contributed by atoms with Crippen molar-refractivity contribution >= 4 is 6.29 Å². The van der Waals surface area contributed by atoms with Gasteiger partial charge in [-0.3, -0.25) is 4.79 Å². The molecule has 1 rings (SSSR count). The second kappa shape index (κ2) is 5.76. The number of allylic oxidation sites excluding steroid dienone is 9. The van der Waals surface area contributed by atoms with Gasteiger partial charge in [0.1, 0.15) is 6.29 Å². The van der Waals surface area contributed by atoms with Gasteiger partial charge in [-0.05, 0) is 29.9 Å². The Bertz CT molecular complexity index is 345. The van der Waals surface area contributed by atoms with Gasteiger partial charge in [0, 0.05) is 0 Å². The van der Waals surface area contributed by atoms with Gasteiger partial charge in [0.25, 0.3) is 0 Å². The summed E-state index contributed by atoms with van der Waals surface area (Å²) in [6.07, 6.45) is 17.2. The molecular formula is C12H10O. The largest absolute Gasteiger partial charge is 0.299 e. The molecule has 0 amide bonds. The Kier molecular flexibility index (Phi) is 4.09. The average molecular weight is 170 g/mol. The average Bonchev–Trinajstić information content (AvgIpc) is 2.41. The molecule has 0 aromatic carbocycles. The summed E-state index contributed by atoms with van der Waals surface area (Å²) in [5.41, 5.74) is 4.04. The molecule has 13 heavy (non-hydrogen) atoms. The number of hydrogen-bond acceptors (Lipinski definition) is 1. The Morgan fingerprint density at radius 3 is 2.92 bits per heavy atom. The third-order valence-electron chi connectivity index (χ3n) is 1.44. The van der Waals surface area contributed by atoms with E-state index in [1.807, 2.05) is 42.5 Å². The van der Waals surface area contributed by atoms with Gasteiger partial charge in [-0.25, -0.2) is 0 Å². The molecule has 0 unspecified atom stereocenters. The van der Waals surface area contributed by atoms with Crippen molar-refractivity contribution in [2.45, 2.75) is 0 Å². The van der Waals surface area contributed by atoms with E-state index in [0.29, 0.717) is 0 Å². The molecule has 64 valence electrons. The van der Waals surface area contributed by atoms with Gasteiger partial charge in [0.15, 0.2) is 0 Å². The molecule has 0 saturated carbocycles. The van der Waals surface area contributed by atoms with Crippen LogP contribution < -0.4 is 0 Å².